The minimum Gasteiger partial charge on any atom is -0.480 e. The summed E-state index contributed by atoms with van der Waals surface area (Å²) in [5.41, 5.74) is 0.612. The Morgan fingerprint density at radius 2 is 2.12 bits per heavy atom. The zero-order chi connectivity index (χ0) is 12.5. The van der Waals surface area contributed by atoms with Crippen LogP contribution in [0.3, 0.4) is 0 Å². The molecule has 0 fully saturated rings. The molecule has 91 valence electrons. The van der Waals surface area contributed by atoms with Crippen LogP contribution in [-0.2, 0) is 0 Å². The molecule has 1 aliphatic heterocycles. The highest BCUT2D eigenvalue weighted by molar-refractivity contribution is 5.56. The fourth-order valence-corrected chi connectivity index (χ4v) is 2.20. The van der Waals surface area contributed by atoms with Gasteiger partial charge in [0.1, 0.15) is 5.60 Å². The summed E-state index contributed by atoms with van der Waals surface area (Å²) in [5, 5.41) is 11.0. The molecule has 1 heterocycles. The maximum absolute atomic E-state index is 11.0. The Balaban J connectivity index is 2.45. The molecule has 0 bridgehead atoms. The number of nitro groups is 1. The predicted molar refractivity (Wildman–Crippen MR) is 65.1 cm³/mol. The second-order valence-electron chi connectivity index (χ2n) is 4.35. The predicted octanol–water partition coefficient (Wildman–Crippen LogP) is 3.49. The fraction of sp³-hybridized carbons (Fsp3) is 0.462. The number of fused-ring (bicyclic) bond motifs is 1. The van der Waals surface area contributed by atoms with E-state index >= 15 is 0 Å². The third kappa shape index (κ3) is 1.99. The van der Waals surface area contributed by atoms with Crippen molar-refractivity contribution in [1.82, 2.24) is 0 Å². The molecule has 0 amide bonds. The van der Waals surface area contributed by atoms with Crippen molar-refractivity contribution in [3.05, 3.63) is 40.3 Å². The normalized spacial score (nSPS) is 17.1. The van der Waals surface area contributed by atoms with Crippen molar-refractivity contribution < 1.29 is 9.66 Å². The van der Waals surface area contributed by atoms with E-state index in [-0.39, 0.29) is 16.2 Å². The lowest BCUT2D eigenvalue weighted by Crippen LogP contribution is -2.37. The Kier molecular flexibility index (Phi) is 3.05. The van der Waals surface area contributed by atoms with Crippen LogP contribution < -0.4 is 4.74 Å². The van der Waals surface area contributed by atoms with Gasteiger partial charge in [0.25, 0.3) is 0 Å². The zero-order valence-corrected chi connectivity index (χ0v) is 10.1. The number of nitro benzene ring substituents is 1. The van der Waals surface area contributed by atoms with Gasteiger partial charge in [-0.05, 0) is 25.7 Å². The van der Waals surface area contributed by atoms with Crippen molar-refractivity contribution >= 4 is 5.69 Å². The number of benzene rings is 1. The lowest BCUT2D eigenvalue weighted by Gasteiger charge is -2.36. The molecule has 0 unspecified atom stereocenters. The summed E-state index contributed by atoms with van der Waals surface area (Å²) in [6.45, 7) is 4.11. The highest BCUT2D eigenvalue weighted by atomic mass is 16.6. The summed E-state index contributed by atoms with van der Waals surface area (Å²) < 4.78 is 5.94. The molecule has 4 heteroatoms. The van der Waals surface area contributed by atoms with Gasteiger partial charge >= 0.3 is 5.69 Å². The van der Waals surface area contributed by atoms with E-state index in [2.05, 4.69) is 13.8 Å². The Labute approximate surface area is 101 Å². The molecule has 2 rings (SSSR count). The summed E-state index contributed by atoms with van der Waals surface area (Å²) in [6, 6.07) is 5.05. The van der Waals surface area contributed by atoms with Gasteiger partial charge in [-0.2, -0.15) is 0 Å². The van der Waals surface area contributed by atoms with Crippen LogP contribution in [0.1, 0.15) is 38.7 Å². The van der Waals surface area contributed by atoms with Crippen molar-refractivity contribution in [3.8, 4) is 5.75 Å². The van der Waals surface area contributed by atoms with Gasteiger partial charge in [-0.25, -0.2) is 0 Å². The van der Waals surface area contributed by atoms with Crippen LogP contribution in [-0.4, -0.2) is 10.5 Å². The monoisotopic (exact) mass is 234 g/mol. The van der Waals surface area contributed by atoms with Gasteiger partial charge in [0.05, 0.1) is 4.92 Å². The van der Waals surface area contributed by atoms with Gasteiger partial charge in [-0.15, -0.1) is 0 Å². The summed E-state index contributed by atoms with van der Waals surface area (Å²) in [4.78, 5) is 10.6. The van der Waals surface area contributed by atoms with Crippen molar-refractivity contribution in [2.75, 3.05) is 0 Å². The number of rotatable bonds is 3. The van der Waals surface area contributed by atoms with Gasteiger partial charge in [0, 0.05) is 11.6 Å². The number of para-hydroxylation sites is 1. The molecular formula is C13H16NO3. The van der Waals surface area contributed by atoms with Gasteiger partial charge in [0.15, 0.2) is 0 Å². The number of nitrogens with zero attached hydrogens (tertiary/aromatic N) is 1. The lowest BCUT2D eigenvalue weighted by atomic mass is 9.86. The average molecular weight is 234 g/mol. The lowest BCUT2D eigenvalue weighted by molar-refractivity contribution is -0.386. The number of ether oxygens (including phenoxy) is 1. The SMILES string of the molecule is CCC1(CC)C[CH]c2cccc([N+](=O)[O-])c2O1. The van der Waals surface area contributed by atoms with Crippen LogP contribution in [0.5, 0.6) is 5.75 Å². The van der Waals surface area contributed by atoms with E-state index in [0.29, 0.717) is 5.75 Å². The molecule has 1 aliphatic rings. The first-order valence-electron chi connectivity index (χ1n) is 5.91. The van der Waals surface area contributed by atoms with E-state index in [0.717, 1.165) is 24.8 Å². The van der Waals surface area contributed by atoms with E-state index < -0.39 is 0 Å². The number of hydrogen-bond donors (Lipinski definition) is 0. The Bertz CT molecular complexity index is 438. The van der Waals surface area contributed by atoms with Gasteiger partial charge in [0.2, 0.25) is 5.75 Å². The quantitative estimate of drug-likeness (QED) is 0.594. The van der Waals surface area contributed by atoms with Crippen LogP contribution in [0.25, 0.3) is 0 Å². The van der Waals surface area contributed by atoms with Crippen LogP contribution in [0, 0.1) is 16.5 Å². The van der Waals surface area contributed by atoms with Gasteiger partial charge in [-0.3, -0.25) is 10.1 Å². The fourth-order valence-electron chi connectivity index (χ4n) is 2.20. The van der Waals surface area contributed by atoms with Gasteiger partial charge in [-0.1, -0.05) is 26.0 Å². The minimum absolute atomic E-state index is 0.0599. The molecule has 0 spiro atoms. The van der Waals surface area contributed by atoms with Crippen molar-refractivity contribution in [3.63, 3.8) is 0 Å². The minimum atomic E-state index is -0.381. The Hall–Kier alpha value is -1.58. The number of hydrogen-bond acceptors (Lipinski definition) is 3. The molecule has 4 nitrogen and oxygen atoms in total. The standard InChI is InChI=1S/C13H16NO3/c1-3-13(4-2)9-8-10-6-5-7-11(14(15)16)12(10)17-13/h5-8H,3-4,9H2,1-2H3. The van der Waals surface area contributed by atoms with Gasteiger partial charge < -0.3 is 4.74 Å². The van der Waals surface area contributed by atoms with E-state index in [4.69, 9.17) is 4.74 Å². The molecular weight excluding hydrogens is 218 g/mol. The first kappa shape index (κ1) is 11.9. The van der Waals surface area contributed by atoms with Crippen molar-refractivity contribution in [2.24, 2.45) is 0 Å². The van der Waals surface area contributed by atoms with Crippen molar-refractivity contribution in [1.29, 1.82) is 0 Å². The third-order valence-electron chi connectivity index (χ3n) is 3.52. The molecule has 17 heavy (non-hydrogen) atoms. The molecule has 0 aromatic heterocycles. The van der Waals surface area contributed by atoms with E-state index in [1.807, 2.05) is 12.5 Å². The Morgan fingerprint density at radius 3 is 2.71 bits per heavy atom. The first-order valence-corrected chi connectivity index (χ1v) is 5.91. The highest BCUT2D eigenvalue weighted by Gasteiger charge is 2.36. The molecule has 0 N–H and O–H groups in total. The largest absolute Gasteiger partial charge is 0.480 e. The molecule has 0 aliphatic carbocycles. The van der Waals surface area contributed by atoms with E-state index in [9.17, 15) is 10.1 Å². The maximum Gasteiger partial charge on any atom is 0.311 e. The molecule has 0 saturated carbocycles. The summed E-state index contributed by atoms with van der Waals surface area (Å²) in [5.74, 6) is 0.424. The van der Waals surface area contributed by atoms with Crippen LogP contribution in [0.2, 0.25) is 0 Å². The van der Waals surface area contributed by atoms with Crippen LogP contribution in [0.15, 0.2) is 18.2 Å². The average Bonchev–Trinajstić information content (AvgIpc) is 2.37. The smallest absolute Gasteiger partial charge is 0.311 e. The highest BCUT2D eigenvalue weighted by Crippen LogP contribution is 2.43. The second-order valence-corrected chi connectivity index (χ2v) is 4.35. The van der Waals surface area contributed by atoms with Crippen LogP contribution in [0.4, 0.5) is 5.69 Å². The summed E-state index contributed by atoms with van der Waals surface area (Å²) in [7, 11) is 0. The summed E-state index contributed by atoms with van der Waals surface area (Å²) in [6.07, 6.45) is 4.56. The van der Waals surface area contributed by atoms with Crippen LogP contribution >= 0.6 is 0 Å². The molecule has 0 atom stereocenters. The second kappa shape index (κ2) is 4.35. The molecule has 1 aromatic rings. The topological polar surface area (TPSA) is 52.4 Å². The third-order valence-corrected chi connectivity index (χ3v) is 3.52. The molecule has 1 aromatic carbocycles. The first-order chi connectivity index (χ1) is 8.12. The molecule has 0 saturated heterocycles. The maximum atomic E-state index is 11.0. The van der Waals surface area contributed by atoms with E-state index in [1.165, 1.54) is 6.07 Å². The Morgan fingerprint density at radius 1 is 1.41 bits per heavy atom. The molecule has 1 radical (unpaired) electrons. The van der Waals surface area contributed by atoms with Crippen molar-refractivity contribution in [2.45, 2.75) is 38.7 Å². The van der Waals surface area contributed by atoms with E-state index in [1.54, 1.807) is 6.07 Å². The summed E-state index contributed by atoms with van der Waals surface area (Å²) >= 11 is 0. The zero-order valence-electron chi connectivity index (χ0n) is 10.1.